The molecule has 2 N–H and O–H groups in total. The monoisotopic (exact) mass is 369 g/mol. The molecule has 1 heterocycles. The first-order valence-electron chi connectivity index (χ1n) is 9.84. The van der Waals surface area contributed by atoms with Crippen LogP contribution in [0.5, 0.6) is 0 Å². The van der Waals surface area contributed by atoms with Gasteiger partial charge in [-0.05, 0) is 63.2 Å². The first-order valence-corrected chi connectivity index (χ1v) is 9.84. The highest BCUT2D eigenvalue weighted by Gasteiger charge is 2.54. The molecule has 1 saturated heterocycles. The van der Waals surface area contributed by atoms with Gasteiger partial charge in [0.2, 0.25) is 11.8 Å². The van der Waals surface area contributed by atoms with Crippen molar-refractivity contribution in [3.63, 3.8) is 0 Å². The molecule has 0 aromatic heterocycles. The molecule has 1 atom stereocenters. The molecule has 0 unspecified atom stereocenters. The van der Waals surface area contributed by atoms with Crippen molar-refractivity contribution in [1.29, 1.82) is 0 Å². The van der Waals surface area contributed by atoms with Crippen molar-refractivity contribution in [2.75, 3.05) is 26.2 Å². The standard InChI is InChI=1S/C19H31N3O2.ClH/c1-13-12-20-4-5-22(13)17(23)2-3-21-18(24)19-9-14-6-15(10-19)8-16(7-14)11-19;/h13-16,20H,2-12H2,1H3,(H,21,24);1H/t13-,14?,15?,16?,19?;/m1./s1. The predicted octanol–water partition coefficient (Wildman–Crippen LogP) is 1.95. The summed E-state index contributed by atoms with van der Waals surface area (Å²) in [5.41, 5.74) is -0.0971. The van der Waals surface area contributed by atoms with Crippen molar-refractivity contribution < 1.29 is 9.59 Å². The molecule has 5 rings (SSSR count). The maximum Gasteiger partial charge on any atom is 0.226 e. The summed E-state index contributed by atoms with van der Waals surface area (Å²) in [4.78, 5) is 27.2. The smallest absolute Gasteiger partial charge is 0.226 e. The molecule has 5 fully saturated rings. The fraction of sp³-hybridized carbons (Fsp3) is 0.895. The van der Waals surface area contributed by atoms with Gasteiger partial charge in [-0.3, -0.25) is 9.59 Å². The minimum absolute atomic E-state index is 0. The number of halogens is 1. The van der Waals surface area contributed by atoms with Crippen LogP contribution < -0.4 is 10.6 Å². The van der Waals surface area contributed by atoms with Crippen LogP contribution in [0.25, 0.3) is 0 Å². The Morgan fingerprint density at radius 2 is 1.72 bits per heavy atom. The van der Waals surface area contributed by atoms with Crippen LogP contribution in [0.15, 0.2) is 0 Å². The third kappa shape index (κ3) is 3.68. The van der Waals surface area contributed by atoms with Gasteiger partial charge in [0.25, 0.3) is 0 Å². The highest BCUT2D eigenvalue weighted by Crippen LogP contribution is 2.60. The molecule has 0 aromatic rings. The number of nitrogens with zero attached hydrogens (tertiary/aromatic N) is 1. The van der Waals surface area contributed by atoms with Gasteiger partial charge in [0.05, 0.1) is 0 Å². The second-order valence-corrected chi connectivity index (χ2v) is 8.84. The number of hydrogen-bond donors (Lipinski definition) is 2. The third-order valence-corrected chi connectivity index (χ3v) is 6.97. The zero-order valence-corrected chi connectivity index (χ0v) is 16.1. The molecule has 1 aliphatic heterocycles. The fourth-order valence-corrected chi connectivity index (χ4v) is 6.21. The summed E-state index contributed by atoms with van der Waals surface area (Å²) in [6.45, 7) is 5.10. The Kier molecular flexibility index (Phi) is 5.64. The number of amides is 2. The van der Waals surface area contributed by atoms with E-state index in [1.54, 1.807) is 0 Å². The lowest BCUT2D eigenvalue weighted by atomic mass is 9.49. The Labute approximate surface area is 157 Å². The molecule has 5 nitrogen and oxygen atoms in total. The highest BCUT2D eigenvalue weighted by atomic mass is 35.5. The number of piperazine rings is 1. The quantitative estimate of drug-likeness (QED) is 0.796. The van der Waals surface area contributed by atoms with Gasteiger partial charge in [0.15, 0.2) is 0 Å². The van der Waals surface area contributed by atoms with Gasteiger partial charge < -0.3 is 15.5 Å². The highest BCUT2D eigenvalue weighted by molar-refractivity contribution is 5.85. The van der Waals surface area contributed by atoms with E-state index in [1.165, 1.54) is 19.3 Å². The number of carbonyl (C=O) groups is 2. The van der Waals surface area contributed by atoms with Crippen molar-refractivity contribution in [3.05, 3.63) is 0 Å². The van der Waals surface area contributed by atoms with E-state index in [4.69, 9.17) is 0 Å². The number of carbonyl (C=O) groups excluding carboxylic acids is 2. The second-order valence-electron chi connectivity index (χ2n) is 8.84. The predicted molar refractivity (Wildman–Crippen MR) is 99.5 cm³/mol. The van der Waals surface area contributed by atoms with Crippen LogP contribution in [0.3, 0.4) is 0 Å². The Bertz CT molecular complexity index is 490. The molecular formula is C19H32ClN3O2. The number of nitrogens with one attached hydrogen (secondary N) is 2. The summed E-state index contributed by atoms with van der Waals surface area (Å²) in [5, 5.41) is 6.43. The largest absolute Gasteiger partial charge is 0.355 e. The normalized spacial score (nSPS) is 39.0. The lowest BCUT2D eigenvalue weighted by molar-refractivity contribution is -0.146. The van der Waals surface area contributed by atoms with Gasteiger partial charge in [-0.1, -0.05) is 0 Å². The van der Waals surface area contributed by atoms with Crippen molar-refractivity contribution in [2.24, 2.45) is 23.2 Å². The molecule has 4 aliphatic carbocycles. The van der Waals surface area contributed by atoms with Crippen LogP contribution >= 0.6 is 12.4 Å². The van der Waals surface area contributed by atoms with Gasteiger partial charge in [-0.2, -0.15) is 0 Å². The van der Waals surface area contributed by atoms with E-state index in [0.717, 1.165) is 56.7 Å². The van der Waals surface area contributed by atoms with E-state index >= 15 is 0 Å². The molecule has 4 bridgehead atoms. The van der Waals surface area contributed by atoms with Gasteiger partial charge in [-0.25, -0.2) is 0 Å². The summed E-state index contributed by atoms with van der Waals surface area (Å²) in [6.07, 6.45) is 7.76. The van der Waals surface area contributed by atoms with Crippen LogP contribution in [-0.4, -0.2) is 48.9 Å². The van der Waals surface area contributed by atoms with Crippen LogP contribution in [0.2, 0.25) is 0 Å². The maximum atomic E-state index is 12.9. The van der Waals surface area contributed by atoms with E-state index in [-0.39, 0.29) is 35.7 Å². The molecule has 0 aromatic carbocycles. The lowest BCUT2D eigenvalue weighted by Crippen LogP contribution is -2.54. The molecule has 0 radical (unpaired) electrons. The Balaban J connectivity index is 0.00000182. The average Bonchev–Trinajstić information content (AvgIpc) is 2.53. The van der Waals surface area contributed by atoms with Gasteiger partial charge >= 0.3 is 0 Å². The van der Waals surface area contributed by atoms with Crippen LogP contribution in [0, 0.1) is 23.2 Å². The third-order valence-electron chi connectivity index (χ3n) is 6.97. The molecule has 25 heavy (non-hydrogen) atoms. The summed E-state index contributed by atoms with van der Waals surface area (Å²) in [6, 6.07) is 0.255. The summed E-state index contributed by atoms with van der Waals surface area (Å²) in [7, 11) is 0. The van der Waals surface area contributed by atoms with Crippen LogP contribution in [0.4, 0.5) is 0 Å². The summed E-state index contributed by atoms with van der Waals surface area (Å²) < 4.78 is 0. The lowest BCUT2D eigenvalue weighted by Gasteiger charge is -2.55. The SMILES string of the molecule is C[C@@H]1CNCCN1C(=O)CCNC(=O)C12CC3CC(CC(C3)C1)C2.Cl. The summed E-state index contributed by atoms with van der Waals surface area (Å²) in [5.74, 6) is 2.76. The molecule has 0 spiro atoms. The second kappa shape index (κ2) is 7.43. The van der Waals surface area contributed by atoms with Crippen LogP contribution in [-0.2, 0) is 9.59 Å². The summed E-state index contributed by atoms with van der Waals surface area (Å²) >= 11 is 0. The van der Waals surface area contributed by atoms with Gasteiger partial charge in [0.1, 0.15) is 0 Å². The minimum atomic E-state index is -0.0971. The zero-order chi connectivity index (χ0) is 16.7. The van der Waals surface area contributed by atoms with E-state index < -0.39 is 0 Å². The van der Waals surface area contributed by atoms with Gasteiger partial charge in [0, 0.05) is 44.1 Å². The molecular weight excluding hydrogens is 338 g/mol. The van der Waals surface area contributed by atoms with E-state index in [9.17, 15) is 9.59 Å². The van der Waals surface area contributed by atoms with Crippen molar-refractivity contribution >= 4 is 24.2 Å². The Morgan fingerprint density at radius 1 is 1.12 bits per heavy atom. The first kappa shape index (κ1) is 19.0. The minimum Gasteiger partial charge on any atom is -0.355 e. The first-order chi connectivity index (χ1) is 11.6. The Hall–Kier alpha value is -0.810. The topological polar surface area (TPSA) is 61.4 Å². The van der Waals surface area contributed by atoms with E-state index in [1.807, 2.05) is 4.90 Å². The Morgan fingerprint density at radius 3 is 2.28 bits per heavy atom. The maximum absolute atomic E-state index is 12.9. The van der Waals surface area contributed by atoms with Crippen LogP contribution in [0.1, 0.15) is 51.9 Å². The van der Waals surface area contributed by atoms with Crippen molar-refractivity contribution in [1.82, 2.24) is 15.5 Å². The molecule has 6 heteroatoms. The number of rotatable bonds is 4. The van der Waals surface area contributed by atoms with E-state index in [0.29, 0.717) is 13.0 Å². The molecule has 5 aliphatic rings. The molecule has 2 amide bonds. The van der Waals surface area contributed by atoms with Gasteiger partial charge in [-0.15, -0.1) is 12.4 Å². The molecule has 4 saturated carbocycles. The van der Waals surface area contributed by atoms with Crippen molar-refractivity contribution in [3.8, 4) is 0 Å². The van der Waals surface area contributed by atoms with E-state index in [2.05, 4.69) is 17.6 Å². The zero-order valence-electron chi connectivity index (χ0n) is 15.3. The average molecular weight is 370 g/mol. The van der Waals surface area contributed by atoms with Crippen molar-refractivity contribution in [2.45, 2.75) is 57.9 Å². The number of hydrogen-bond acceptors (Lipinski definition) is 3. The molecule has 142 valence electrons. The fourth-order valence-electron chi connectivity index (χ4n) is 6.21.